The second-order valence-electron chi connectivity index (χ2n) is 5.53. The van der Waals surface area contributed by atoms with E-state index in [4.69, 9.17) is 5.73 Å². The molecule has 2 heterocycles. The lowest BCUT2D eigenvalue weighted by atomic mass is 10.0. The van der Waals surface area contributed by atoms with Crippen LogP contribution in [0.3, 0.4) is 0 Å². The minimum Gasteiger partial charge on any atom is -0.398 e. The molecule has 2 fully saturated rings. The average Bonchev–Trinajstić information content (AvgIpc) is 2.62. The molecule has 2 aliphatic heterocycles. The number of hydrogen-bond acceptors (Lipinski definition) is 4. The van der Waals surface area contributed by atoms with Gasteiger partial charge in [0.1, 0.15) is 10.7 Å². The monoisotopic (exact) mass is 300 g/mol. The number of fused-ring (bicyclic) bond motifs is 2. The molecule has 2 atom stereocenters. The fraction of sp³-hybridized carbons (Fsp3) is 0.538. The van der Waals surface area contributed by atoms with E-state index in [1.165, 1.54) is 10.4 Å². The van der Waals surface area contributed by atoms with Crippen molar-refractivity contribution in [3.05, 3.63) is 24.0 Å². The molecule has 1 aromatic carbocycles. The van der Waals surface area contributed by atoms with Gasteiger partial charge in [0.15, 0.2) is 0 Å². The summed E-state index contributed by atoms with van der Waals surface area (Å²) in [6, 6.07) is 2.97. The summed E-state index contributed by atoms with van der Waals surface area (Å²) in [4.78, 5) is -0.0489. The number of nitrogen functional groups attached to an aromatic ring is 1. The Labute approximate surface area is 117 Å². The maximum atomic E-state index is 13.1. The van der Waals surface area contributed by atoms with Gasteiger partial charge in [0.05, 0.1) is 11.8 Å². The van der Waals surface area contributed by atoms with Crippen LogP contribution in [0.2, 0.25) is 0 Å². The quantitative estimate of drug-likeness (QED) is 0.801. The van der Waals surface area contributed by atoms with E-state index in [0.29, 0.717) is 12.8 Å². The highest BCUT2D eigenvalue weighted by Gasteiger charge is 2.47. The number of sulfonamides is 1. The fourth-order valence-corrected chi connectivity index (χ4v) is 5.36. The zero-order valence-electron chi connectivity index (χ0n) is 10.9. The summed E-state index contributed by atoms with van der Waals surface area (Å²) in [7, 11) is -3.74. The van der Waals surface area contributed by atoms with Crippen LogP contribution in [0, 0.1) is 5.82 Å². The Hall–Kier alpha value is -1.18. The minimum atomic E-state index is -3.74. The number of rotatable bonds is 2. The molecule has 3 rings (SSSR count). The van der Waals surface area contributed by atoms with Gasteiger partial charge in [-0.2, -0.15) is 4.31 Å². The van der Waals surface area contributed by atoms with Crippen molar-refractivity contribution < 1.29 is 17.9 Å². The first-order chi connectivity index (χ1) is 9.39. The highest BCUT2D eigenvalue weighted by atomic mass is 32.2. The highest BCUT2D eigenvalue weighted by Crippen LogP contribution is 2.40. The Bertz CT molecular complexity index is 621. The third-order valence-corrected chi connectivity index (χ3v) is 6.25. The van der Waals surface area contributed by atoms with Crippen LogP contribution in [-0.4, -0.2) is 36.0 Å². The predicted octanol–water partition coefficient (Wildman–Crippen LogP) is 1.08. The normalized spacial score (nSPS) is 30.6. The number of nitrogens with two attached hydrogens (primary N) is 1. The molecule has 2 bridgehead atoms. The molecule has 2 aliphatic rings. The first kappa shape index (κ1) is 13.8. The Kier molecular flexibility index (Phi) is 3.23. The van der Waals surface area contributed by atoms with Crippen molar-refractivity contribution >= 4 is 15.7 Å². The molecule has 0 amide bonds. The summed E-state index contributed by atoms with van der Waals surface area (Å²) in [5.74, 6) is -0.557. The van der Waals surface area contributed by atoms with Gasteiger partial charge in [-0.25, -0.2) is 12.8 Å². The van der Waals surface area contributed by atoms with Crippen LogP contribution in [0.1, 0.15) is 25.7 Å². The molecule has 1 aromatic rings. The molecule has 20 heavy (non-hydrogen) atoms. The summed E-state index contributed by atoms with van der Waals surface area (Å²) in [5, 5.41) is 9.74. The van der Waals surface area contributed by atoms with E-state index < -0.39 is 21.9 Å². The molecule has 0 saturated carbocycles. The molecule has 3 N–H and O–H groups in total. The maximum absolute atomic E-state index is 13.1. The van der Waals surface area contributed by atoms with Gasteiger partial charge in [-0.3, -0.25) is 0 Å². The van der Waals surface area contributed by atoms with E-state index in [1.54, 1.807) is 0 Å². The molecule has 0 spiro atoms. The first-order valence-corrected chi connectivity index (χ1v) is 8.10. The van der Waals surface area contributed by atoms with Gasteiger partial charge in [-0.1, -0.05) is 0 Å². The number of nitrogens with zero attached hydrogens (tertiary/aromatic N) is 1. The zero-order chi connectivity index (χ0) is 14.5. The molecule has 2 unspecified atom stereocenters. The van der Waals surface area contributed by atoms with E-state index >= 15 is 0 Å². The number of aliphatic hydroxyl groups excluding tert-OH is 1. The van der Waals surface area contributed by atoms with Gasteiger partial charge >= 0.3 is 0 Å². The van der Waals surface area contributed by atoms with Gasteiger partial charge in [-0.05, 0) is 43.9 Å². The standard InChI is InChI=1S/C13H17FN2O3S/c14-8-1-4-13(12(15)5-8)20(18,19)16-9-2-3-10(16)7-11(17)6-9/h1,4-5,9-11,17H,2-3,6-7,15H2. The Balaban J connectivity index is 2.01. The fourth-order valence-electron chi connectivity index (χ4n) is 3.37. The molecular weight excluding hydrogens is 283 g/mol. The van der Waals surface area contributed by atoms with Crippen LogP contribution in [0.5, 0.6) is 0 Å². The number of hydrogen-bond donors (Lipinski definition) is 2. The number of aliphatic hydroxyl groups is 1. The van der Waals surface area contributed by atoms with Crippen LogP contribution >= 0.6 is 0 Å². The molecule has 110 valence electrons. The van der Waals surface area contributed by atoms with Crippen LogP contribution in [0.15, 0.2) is 23.1 Å². The summed E-state index contributed by atoms with van der Waals surface area (Å²) in [6.45, 7) is 0. The SMILES string of the molecule is Nc1cc(F)ccc1S(=O)(=O)N1C2CCC1CC(O)C2. The molecular formula is C13H17FN2O3S. The second kappa shape index (κ2) is 4.68. The smallest absolute Gasteiger partial charge is 0.245 e. The van der Waals surface area contributed by atoms with E-state index in [2.05, 4.69) is 0 Å². The Morgan fingerprint density at radius 3 is 2.40 bits per heavy atom. The van der Waals surface area contributed by atoms with E-state index in [0.717, 1.165) is 25.0 Å². The predicted molar refractivity (Wildman–Crippen MR) is 71.9 cm³/mol. The van der Waals surface area contributed by atoms with Crippen molar-refractivity contribution in [1.82, 2.24) is 4.31 Å². The second-order valence-corrected chi connectivity index (χ2v) is 7.34. The van der Waals surface area contributed by atoms with Crippen molar-refractivity contribution in [3.8, 4) is 0 Å². The summed E-state index contributed by atoms with van der Waals surface area (Å²) >= 11 is 0. The average molecular weight is 300 g/mol. The molecule has 0 radical (unpaired) electrons. The third kappa shape index (κ3) is 2.10. The van der Waals surface area contributed by atoms with Gasteiger partial charge in [-0.15, -0.1) is 0 Å². The number of piperidine rings is 1. The van der Waals surface area contributed by atoms with Gasteiger partial charge in [0.2, 0.25) is 10.0 Å². The van der Waals surface area contributed by atoms with Crippen LogP contribution in [0.4, 0.5) is 10.1 Å². The van der Waals surface area contributed by atoms with Crippen molar-refractivity contribution in [2.45, 2.75) is 48.8 Å². The van der Waals surface area contributed by atoms with Crippen LogP contribution in [-0.2, 0) is 10.0 Å². The number of halogens is 1. The molecule has 2 saturated heterocycles. The number of anilines is 1. The van der Waals surface area contributed by atoms with Crippen LogP contribution in [0.25, 0.3) is 0 Å². The van der Waals surface area contributed by atoms with Gasteiger partial charge < -0.3 is 10.8 Å². The Morgan fingerprint density at radius 2 is 1.85 bits per heavy atom. The Morgan fingerprint density at radius 1 is 1.25 bits per heavy atom. The van der Waals surface area contributed by atoms with E-state index in [9.17, 15) is 17.9 Å². The van der Waals surface area contributed by atoms with Crippen LogP contribution < -0.4 is 5.73 Å². The molecule has 7 heteroatoms. The van der Waals surface area contributed by atoms with Crippen molar-refractivity contribution in [2.75, 3.05) is 5.73 Å². The van der Waals surface area contributed by atoms with E-state index in [1.807, 2.05) is 0 Å². The zero-order valence-corrected chi connectivity index (χ0v) is 11.7. The van der Waals surface area contributed by atoms with Crippen molar-refractivity contribution in [2.24, 2.45) is 0 Å². The van der Waals surface area contributed by atoms with Crippen molar-refractivity contribution in [3.63, 3.8) is 0 Å². The topological polar surface area (TPSA) is 83.6 Å². The molecule has 0 aliphatic carbocycles. The third-order valence-electron chi connectivity index (χ3n) is 4.17. The largest absolute Gasteiger partial charge is 0.398 e. The lowest BCUT2D eigenvalue weighted by Crippen LogP contribution is -2.47. The number of benzene rings is 1. The van der Waals surface area contributed by atoms with Crippen molar-refractivity contribution in [1.29, 1.82) is 0 Å². The maximum Gasteiger partial charge on any atom is 0.245 e. The summed E-state index contributed by atoms with van der Waals surface area (Å²) < 4.78 is 40.0. The lowest BCUT2D eigenvalue weighted by Gasteiger charge is -2.36. The highest BCUT2D eigenvalue weighted by molar-refractivity contribution is 7.89. The summed E-state index contributed by atoms with van der Waals surface area (Å²) in [5.41, 5.74) is 5.58. The summed E-state index contributed by atoms with van der Waals surface area (Å²) in [6.07, 6.45) is 1.97. The molecule has 0 aromatic heterocycles. The van der Waals surface area contributed by atoms with Gasteiger partial charge in [0.25, 0.3) is 0 Å². The lowest BCUT2D eigenvalue weighted by molar-refractivity contribution is 0.0769. The molecule has 5 nitrogen and oxygen atoms in total. The minimum absolute atomic E-state index is 0.0489. The van der Waals surface area contributed by atoms with Gasteiger partial charge in [0, 0.05) is 12.1 Å². The van der Waals surface area contributed by atoms with E-state index in [-0.39, 0.29) is 22.7 Å². The first-order valence-electron chi connectivity index (χ1n) is 6.66.